The molecular weight excluding hydrogens is 495 g/mol. The average molecular weight is 520 g/mol. The van der Waals surface area contributed by atoms with Crippen LogP contribution in [-0.2, 0) is 25.7 Å². The molecule has 11 heteroatoms. The molecule has 0 bridgehead atoms. The predicted octanol–water partition coefficient (Wildman–Crippen LogP) is 4.38. The number of ether oxygens (including phenoxy) is 1. The lowest BCUT2D eigenvalue weighted by Crippen LogP contribution is -2.38. The number of anilines is 3. The number of benzene rings is 3. The number of sulfonamides is 1. The molecule has 1 fully saturated rings. The molecule has 1 amide bonds. The molecule has 0 atom stereocenters. The molecule has 0 saturated carbocycles. The normalized spacial score (nSPS) is 14.4. The lowest BCUT2D eigenvalue weighted by molar-refractivity contribution is -0.137. The number of amides is 1. The number of rotatable bonds is 7. The molecule has 1 aliphatic heterocycles. The van der Waals surface area contributed by atoms with Crippen molar-refractivity contribution >= 4 is 33.0 Å². The molecular formula is C25H24F3N3O4S. The van der Waals surface area contributed by atoms with Crippen molar-refractivity contribution in [3.63, 3.8) is 0 Å². The topological polar surface area (TPSA) is 79.0 Å². The maximum atomic E-state index is 13.4. The highest BCUT2D eigenvalue weighted by atomic mass is 32.2. The summed E-state index contributed by atoms with van der Waals surface area (Å²) in [6.07, 6.45) is -4.68. The fourth-order valence-electron chi connectivity index (χ4n) is 3.78. The summed E-state index contributed by atoms with van der Waals surface area (Å²) >= 11 is 0. The van der Waals surface area contributed by atoms with Crippen molar-refractivity contribution in [1.29, 1.82) is 0 Å². The SMILES string of the molecule is O=C(CN(c1cccc(C(F)(F)F)c1)S(=O)(=O)c1ccccc1)Nc1ccc(N2CCOCC2)cc1. The number of hydrogen-bond acceptors (Lipinski definition) is 5. The Morgan fingerprint density at radius 2 is 1.61 bits per heavy atom. The zero-order valence-electron chi connectivity index (χ0n) is 19.1. The number of hydrogen-bond donors (Lipinski definition) is 1. The highest BCUT2D eigenvalue weighted by molar-refractivity contribution is 7.92. The summed E-state index contributed by atoms with van der Waals surface area (Å²) in [5.74, 6) is -0.703. The molecule has 36 heavy (non-hydrogen) atoms. The van der Waals surface area contributed by atoms with E-state index in [1.54, 1.807) is 18.2 Å². The van der Waals surface area contributed by atoms with Crippen LogP contribution in [0.15, 0.2) is 83.8 Å². The molecule has 1 N–H and O–H groups in total. The van der Waals surface area contributed by atoms with Gasteiger partial charge in [-0.25, -0.2) is 8.42 Å². The zero-order valence-corrected chi connectivity index (χ0v) is 19.9. The summed E-state index contributed by atoms with van der Waals surface area (Å²) < 4.78 is 72.6. The van der Waals surface area contributed by atoms with Gasteiger partial charge in [0.15, 0.2) is 0 Å². The van der Waals surface area contributed by atoms with Crippen molar-refractivity contribution in [1.82, 2.24) is 0 Å². The number of carbonyl (C=O) groups excluding carboxylic acids is 1. The first-order chi connectivity index (χ1) is 17.1. The highest BCUT2D eigenvalue weighted by Crippen LogP contribution is 2.33. The summed E-state index contributed by atoms with van der Waals surface area (Å²) in [7, 11) is -4.34. The molecule has 4 rings (SSSR count). The summed E-state index contributed by atoms with van der Waals surface area (Å²) in [5, 5.41) is 2.63. The lowest BCUT2D eigenvalue weighted by Gasteiger charge is -2.29. The van der Waals surface area contributed by atoms with E-state index in [2.05, 4.69) is 10.2 Å². The molecule has 3 aromatic rings. The molecule has 0 radical (unpaired) electrons. The summed E-state index contributed by atoms with van der Waals surface area (Å²) in [5.41, 5.74) is 0.0884. The minimum atomic E-state index is -4.68. The predicted molar refractivity (Wildman–Crippen MR) is 131 cm³/mol. The number of carbonyl (C=O) groups is 1. The van der Waals surface area contributed by atoms with E-state index in [9.17, 15) is 26.4 Å². The minimum Gasteiger partial charge on any atom is -0.378 e. The second-order valence-corrected chi connectivity index (χ2v) is 9.93. The van der Waals surface area contributed by atoms with Crippen LogP contribution < -0.4 is 14.5 Å². The van der Waals surface area contributed by atoms with E-state index in [0.29, 0.717) is 29.3 Å². The molecule has 7 nitrogen and oxygen atoms in total. The Labute approximate surface area is 207 Å². The van der Waals surface area contributed by atoms with Gasteiger partial charge in [-0.1, -0.05) is 24.3 Å². The van der Waals surface area contributed by atoms with Crippen LogP contribution in [0.3, 0.4) is 0 Å². The third-order valence-corrected chi connectivity index (χ3v) is 7.40. The van der Waals surface area contributed by atoms with Gasteiger partial charge in [-0.05, 0) is 54.6 Å². The monoisotopic (exact) mass is 519 g/mol. The van der Waals surface area contributed by atoms with Crippen molar-refractivity contribution < 1.29 is 31.1 Å². The molecule has 1 saturated heterocycles. The van der Waals surface area contributed by atoms with Crippen LogP contribution in [-0.4, -0.2) is 47.2 Å². The van der Waals surface area contributed by atoms with Crippen LogP contribution in [0.1, 0.15) is 5.56 Å². The van der Waals surface area contributed by atoms with Crippen molar-refractivity contribution in [2.75, 3.05) is 47.4 Å². The van der Waals surface area contributed by atoms with Crippen LogP contribution in [0.25, 0.3) is 0 Å². The van der Waals surface area contributed by atoms with Gasteiger partial charge in [0.25, 0.3) is 10.0 Å². The Hall–Kier alpha value is -3.57. The Morgan fingerprint density at radius 1 is 0.944 bits per heavy atom. The number of nitrogens with one attached hydrogen (secondary N) is 1. The molecule has 3 aromatic carbocycles. The molecule has 0 aromatic heterocycles. The Morgan fingerprint density at radius 3 is 2.25 bits per heavy atom. The van der Waals surface area contributed by atoms with Gasteiger partial charge in [0.1, 0.15) is 6.54 Å². The van der Waals surface area contributed by atoms with E-state index in [0.717, 1.165) is 30.9 Å². The standard InChI is InChI=1S/C25H24F3N3O4S/c26-25(27,28)19-5-4-6-22(17-19)31(36(33,34)23-7-2-1-3-8-23)18-24(32)29-20-9-11-21(12-10-20)30-13-15-35-16-14-30/h1-12,17H,13-16,18H2,(H,29,32). The summed E-state index contributed by atoms with van der Waals surface area (Å²) in [6, 6.07) is 18.1. The van der Waals surface area contributed by atoms with Crippen LogP contribution in [0.4, 0.5) is 30.2 Å². The van der Waals surface area contributed by atoms with Gasteiger partial charge in [-0.2, -0.15) is 13.2 Å². The van der Waals surface area contributed by atoms with Gasteiger partial charge >= 0.3 is 6.18 Å². The van der Waals surface area contributed by atoms with E-state index in [1.807, 2.05) is 12.1 Å². The quantitative estimate of drug-likeness (QED) is 0.502. The van der Waals surface area contributed by atoms with Crippen LogP contribution in [0.2, 0.25) is 0 Å². The molecule has 0 spiro atoms. The molecule has 190 valence electrons. The Bertz CT molecular complexity index is 1290. The first kappa shape index (κ1) is 25.5. The van der Waals surface area contributed by atoms with E-state index >= 15 is 0 Å². The fourth-order valence-corrected chi connectivity index (χ4v) is 5.21. The first-order valence-corrected chi connectivity index (χ1v) is 12.6. The highest BCUT2D eigenvalue weighted by Gasteiger charge is 2.33. The number of alkyl halides is 3. The molecule has 0 unspecified atom stereocenters. The molecule has 1 heterocycles. The Kier molecular flexibility index (Phi) is 7.51. The second kappa shape index (κ2) is 10.6. The first-order valence-electron chi connectivity index (χ1n) is 11.1. The van der Waals surface area contributed by atoms with Crippen molar-refractivity contribution in [2.45, 2.75) is 11.1 Å². The minimum absolute atomic E-state index is 0.148. The van der Waals surface area contributed by atoms with Crippen LogP contribution >= 0.6 is 0 Å². The van der Waals surface area contributed by atoms with Gasteiger partial charge in [0.05, 0.1) is 29.4 Å². The van der Waals surface area contributed by atoms with E-state index in [1.165, 1.54) is 30.3 Å². The van der Waals surface area contributed by atoms with E-state index in [-0.39, 0.29) is 10.6 Å². The van der Waals surface area contributed by atoms with Gasteiger partial charge in [-0.15, -0.1) is 0 Å². The van der Waals surface area contributed by atoms with Gasteiger partial charge < -0.3 is 15.0 Å². The van der Waals surface area contributed by atoms with E-state index in [4.69, 9.17) is 4.74 Å². The van der Waals surface area contributed by atoms with E-state index < -0.39 is 34.2 Å². The number of nitrogens with zero attached hydrogens (tertiary/aromatic N) is 2. The van der Waals surface area contributed by atoms with Crippen molar-refractivity contribution in [2.24, 2.45) is 0 Å². The maximum Gasteiger partial charge on any atom is 0.416 e. The largest absolute Gasteiger partial charge is 0.416 e. The average Bonchev–Trinajstić information content (AvgIpc) is 2.88. The molecule has 1 aliphatic rings. The van der Waals surface area contributed by atoms with Crippen molar-refractivity contribution in [3.8, 4) is 0 Å². The zero-order chi connectivity index (χ0) is 25.8. The summed E-state index contributed by atoms with van der Waals surface area (Å²) in [4.78, 5) is 14.9. The smallest absolute Gasteiger partial charge is 0.378 e. The van der Waals surface area contributed by atoms with Crippen LogP contribution in [0, 0.1) is 0 Å². The third kappa shape index (κ3) is 5.97. The van der Waals surface area contributed by atoms with Gasteiger partial charge in [0, 0.05) is 24.5 Å². The number of halogens is 3. The second-order valence-electron chi connectivity index (χ2n) is 8.07. The third-order valence-electron chi connectivity index (χ3n) is 5.61. The van der Waals surface area contributed by atoms with Crippen molar-refractivity contribution in [3.05, 3.63) is 84.4 Å². The summed E-state index contributed by atoms with van der Waals surface area (Å²) in [6.45, 7) is 2.02. The number of morpholine rings is 1. The molecule has 0 aliphatic carbocycles. The fraction of sp³-hybridized carbons (Fsp3) is 0.240. The van der Waals surface area contributed by atoms with Gasteiger partial charge in [0.2, 0.25) is 5.91 Å². The maximum absolute atomic E-state index is 13.4. The lowest BCUT2D eigenvalue weighted by atomic mass is 10.2. The van der Waals surface area contributed by atoms with Crippen LogP contribution in [0.5, 0.6) is 0 Å². The van der Waals surface area contributed by atoms with Gasteiger partial charge in [-0.3, -0.25) is 9.10 Å². The Balaban J connectivity index is 1.58.